The predicted octanol–water partition coefficient (Wildman–Crippen LogP) is 5.21. The average molecular weight is 489 g/mol. The van der Waals surface area contributed by atoms with E-state index in [0.717, 1.165) is 17.1 Å². The predicted molar refractivity (Wildman–Crippen MR) is 131 cm³/mol. The Morgan fingerprint density at radius 2 is 1.72 bits per heavy atom. The maximum absolute atomic E-state index is 13.9. The van der Waals surface area contributed by atoms with Gasteiger partial charge in [-0.3, -0.25) is 9.78 Å². The molecule has 0 aliphatic carbocycles. The zero-order chi connectivity index (χ0) is 23.1. The molecule has 32 heavy (non-hydrogen) atoms. The van der Waals surface area contributed by atoms with E-state index in [1.54, 1.807) is 47.0 Å². The number of nitrogens with zero attached hydrogens (tertiary/aromatic N) is 2. The second kappa shape index (κ2) is 8.69. The monoisotopic (exact) mass is 488 g/mol. The van der Waals surface area contributed by atoms with E-state index in [4.69, 9.17) is 11.6 Å². The molecule has 2 aromatic carbocycles. The molecule has 1 aliphatic rings. The van der Waals surface area contributed by atoms with Crippen molar-refractivity contribution in [3.63, 3.8) is 0 Å². The molecule has 0 unspecified atom stereocenters. The molecule has 1 fully saturated rings. The molecule has 0 N–H and O–H groups in total. The van der Waals surface area contributed by atoms with Crippen molar-refractivity contribution in [3.05, 3.63) is 64.8 Å². The van der Waals surface area contributed by atoms with Gasteiger partial charge in [-0.15, -0.1) is 0 Å². The number of carbonyl (C=O) groups is 1. The van der Waals surface area contributed by atoms with E-state index in [1.165, 1.54) is 6.20 Å². The van der Waals surface area contributed by atoms with Crippen LogP contribution in [0.4, 0.5) is 0 Å². The SMILES string of the molecule is CC(C)(C)c1ccc(S(=O)(=O)c2c(C(=O)N3CCSCC3)cnc3ccc(Cl)cc23)cc1. The molecule has 0 bridgehead atoms. The van der Waals surface area contributed by atoms with Crippen molar-refractivity contribution in [2.45, 2.75) is 36.0 Å². The van der Waals surface area contributed by atoms with Gasteiger partial charge in [0, 0.05) is 41.2 Å². The number of pyridine rings is 1. The van der Waals surface area contributed by atoms with Gasteiger partial charge in [0.15, 0.2) is 0 Å². The highest BCUT2D eigenvalue weighted by Crippen LogP contribution is 2.34. The number of benzene rings is 2. The summed E-state index contributed by atoms with van der Waals surface area (Å²) >= 11 is 8.00. The lowest BCUT2D eigenvalue weighted by Gasteiger charge is -2.27. The molecule has 0 radical (unpaired) electrons. The fourth-order valence-corrected chi connectivity index (χ4v) is 6.46. The third-order valence-corrected chi connectivity index (χ3v) is 8.66. The quantitative estimate of drug-likeness (QED) is 0.506. The highest BCUT2D eigenvalue weighted by molar-refractivity contribution is 7.99. The molecule has 3 aromatic rings. The van der Waals surface area contributed by atoms with Crippen molar-refractivity contribution in [1.82, 2.24) is 9.88 Å². The highest BCUT2D eigenvalue weighted by Gasteiger charge is 2.31. The van der Waals surface area contributed by atoms with Crippen LogP contribution < -0.4 is 0 Å². The average Bonchev–Trinajstić information content (AvgIpc) is 2.77. The molecule has 0 spiro atoms. The molecular formula is C24H25ClN2O3S2. The number of rotatable bonds is 3. The van der Waals surface area contributed by atoms with Gasteiger partial charge < -0.3 is 4.90 Å². The van der Waals surface area contributed by atoms with Crippen molar-refractivity contribution >= 4 is 50.0 Å². The van der Waals surface area contributed by atoms with Gasteiger partial charge in [-0.2, -0.15) is 11.8 Å². The van der Waals surface area contributed by atoms with E-state index in [-0.39, 0.29) is 26.7 Å². The fourth-order valence-electron chi connectivity index (χ4n) is 3.77. The van der Waals surface area contributed by atoms with E-state index in [9.17, 15) is 13.2 Å². The number of amides is 1. The summed E-state index contributed by atoms with van der Waals surface area (Å²) in [7, 11) is -4.01. The summed E-state index contributed by atoms with van der Waals surface area (Å²) in [4.78, 5) is 19.6. The second-order valence-electron chi connectivity index (χ2n) is 8.84. The van der Waals surface area contributed by atoms with Gasteiger partial charge in [0.25, 0.3) is 5.91 Å². The first-order chi connectivity index (χ1) is 15.1. The zero-order valence-corrected chi connectivity index (χ0v) is 20.6. The summed E-state index contributed by atoms with van der Waals surface area (Å²) < 4.78 is 27.8. The summed E-state index contributed by atoms with van der Waals surface area (Å²) in [5, 5.41) is 0.743. The molecule has 1 saturated heterocycles. The Bertz CT molecular complexity index is 1280. The van der Waals surface area contributed by atoms with Crippen LogP contribution in [0, 0.1) is 0 Å². The minimum absolute atomic E-state index is 0.0308. The van der Waals surface area contributed by atoms with Gasteiger partial charge in [-0.25, -0.2) is 8.42 Å². The smallest absolute Gasteiger partial charge is 0.256 e. The van der Waals surface area contributed by atoms with Crippen LogP contribution in [-0.4, -0.2) is 48.8 Å². The summed E-state index contributed by atoms with van der Waals surface area (Å²) in [6, 6.07) is 11.8. The molecule has 0 atom stereocenters. The van der Waals surface area contributed by atoms with Crippen molar-refractivity contribution in [2.24, 2.45) is 0 Å². The zero-order valence-electron chi connectivity index (χ0n) is 18.3. The van der Waals surface area contributed by atoms with Crippen molar-refractivity contribution in [2.75, 3.05) is 24.6 Å². The molecule has 168 valence electrons. The Labute approximate surface area is 198 Å². The van der Waals surface area contributed by atoms with Crippen LogP contribution in [0.25, 0.3) is 10.9 Å². The summed E-state index contributed by atoms with van der Waals surface area (Å²) in [6.45, 7) is 7.38. The normalized spacial score (nSPS) is 15.2. The van der Waals surface area contributed by atoms with Crippen LogP contribution in [0.1, 0.15) is 36.7 Å². The number of halogens is 1. The second-order valence-corrected chi connectivity index (χ2v) is 12.4. The van der Waals surface area contributed by atoms with E-state index >= 15 is 0 Å². The summed E-state index contributed by atoms with van der Waals surface area (Å²) in [5.74, 6) is 1.34. The van der Waals surface area contributed by atoms with Gasteiger partial charge >= 0.3 is 0 Å². The number of carbonyl (C=O) groups excluding carboxylic acids is 1. The number of fused-ring (bicyclic) bond motifs is 1. The van der Waals surface area contributed by atoms with Crippen molar-refractivity contribution in [3.8, 4) is 0 Å². The molecule has 1 aromatic heterocycles. The van der Waals surface area contributed by atoms with Crippen molar-refractivity contribution < 1.29 is 13.2 Å². The first-order valence-corrected chi connectivity index (χ1v) is 13.4. The topological polar surface area (TPSA) is 67.3 Å². The Morgan fingerprint density at radius 1 is 1.06 bits per heavy atom. The maximum Gasteiger partial charge on any atom is 0.256 e. The van der Waals surface area contributed by atoms with E-state index in [2.05, 4.69) is 25.8 Å². The molecule has 4 rings (SSSR count). The van der Waals surface area contributed by atoms with Crippen LogP contribution >= 0.6 is 23.4 Å². The molecule has 1 aliphatic heterocycles. The van der Waals surface area contributed by atoms with Crippen LogP contribution in [0.2, 0.25) is 5.02 Å². The van der Waals surface area contributed by atoms with Gasteiger partial charge in [-0.1, -0.05) is 44.5 Å². The number of hydrogen-bond acceptors (Lipinski definition) is 5. The fraction of sp³-hybridized carbons (Fsp3) is 0.333. The Kier molecular flexibility index (Phi) is 6.27. The van der Waals surface area contributed by atoms with Gasteiger partial charge in [0.05, 0.1) is 20.9 Å². The Hall–Kier alpha value is -2.09. The van der Waals surface area contributed by atoms with E-state index in [1.807, 2.05) is 12.1 Å². The number of thioether (sulfide) groups is 1. The van der Waals surface area contributed by atoms with E-state index < -0.39 is 9.84 Å². The third kappa shape index (κ3) is 4.38. The lowest BCUT2D eigenvalue weighted by atomic mass is 9.87. The Balaban J connectivity index is 1.92. The largest absolute Gasteiger partial charge is 0.337 e. The molecule has 1 amide bonds. The summed E-state index contributed by atoms with van der Waals surface area (Å²) in [5.41, 5.74) is 1.49. The van der Waals surface area contributed by atoms with Crippen LogP contribution in [0.5, 0.6) is 0 Å². The van der Waals surface area contributed by atoms with Gasteiger partial charge in [0.2, 0.25) is 9.84 Å². The number of aromatic nitrogens is 1. The highest BCUT2D eigenvalue weighted by atomic mass is 35.5. The number of sulfone groups is 1. The minimum atomic E-state index is -4.01. The Morgan fingerprint density at radius 3 is 2.34 bits per heavy atom. The molecule has 2 heterocycles. The van der Waals surface area contributed by atoms with Crippen LogP contribution in [-0.2, 0) is 15.3 Å². The first-order valence-electron chi connectivity index (χ1n) is 10.4. The lowest BCUT2D eigenvalue weighted by molar-refractivity contribution is 0.0768. The molecule has 5 nitrogen and oxygen atoms in total. The lowest BCUT2D eigenvalue weighted by Crippen LogP contribution is -2.38. The van der Waals surface area contributed by atoms with Gasteiger partial charge in [0.1, 0.15) is 0 Å². The third-order valence-electron chi connectivity index (χ3n) is 5.61. The van der Waals surface area contributed by atoms with Crippen LogP contribution in [0.15, 0.2) is 58.5 Å². The molecule has 0 saturated carbocycles. The standard InChI is InChI=1S/C24H25ClN2O3S2/c1-24(2,3)16-4-7-18(8-5-16)32(29,30)22-19-14-17(25)6-9-21(19)26-15-20(22)23(28)27-10-12-31-13-11-27/h4-9,14-15H,10-13H2,1-3H3. The summed E-state index contributed by atoms with van der Waals surface area (Å²) in [6.07, 6.45) is 1.39. The van der Waals surface area contributed by atoms with Crippen molar-refractivity contribution in [1.29, 1.82) is 0 Å². The van der Waals surface area contributed by atoms with E-state index in [0.29, 0.717) is 29.0 Å². The van der Waals surface area contributed by atoms with Gasteiger partial charge in [-0.05, 0) is 41.3 Å². The molecule has 8 heteroatoms. The molecular weight excluding hydrogens is 464 g/mol. The number of hydrogen-bond donors (Lipinski definition) is 0. The minimum Gasteiger partial charge on any atom is -0.337 e. The maximum atomic E-state index is 13.9. The first kappa shape index (κ1) is 23.1. The van der Waals surface area contributed by atoms with Crippen LogP contribution in [0.3, 0.4) is 0 Å².